The van der Waals surface area contributed by atoms with Crippen molar-refractivity contribution in [1.82, 2.24) is 0 Å². The molecule has 0 bridgehead atoms. The number of carbonyl (C=O) groups is 1. The van der Waals surface area contributed by atoms with E-state index < -0.39 is 0 Å². The van der Waals surface area contributed by atoms with E-state index in [1.807, 2.05) is 31.2 Å². The lowest BCUT2D eigenvalue weighted by Gasteiger charge is -2.07. The highest BCUT2D eigenvalue weighted by atomic mass is 79.9. The first kappa shape index (κ1) is 10.3. The minimum atomic E-state index is -0.286. The summed E-state index contributed by atoms with van der Waals surface area (Å²) in [4.78, 5) is 10.9. The molecule has 1 amide bonds. The van der Waals surface area contributed by atoms with E-state index >= 15 is 0 Å². The Morgan fingerprint density at radius 1 is 1.46 bits per heavy atom. The van der Waals surface area contributed by atoms with Gasteiger partial charge in [-0.1, -0.05) is 40.2 Å². The van der Waals surface area contributed by atoms with Gasteiger partial charge in [0, 0.05) is 5.33 Å². The molecule has 2 N–H and O–H groups in total. The number of amides is 1. The summed E-state index contributed by atoms with van der Waals surface area (Å²) < 4.78 is 0. The number of rotatable bonds is 3. The number of carbonyl (C=O) groups excluding carboxylic acids is 1. The van der Waals surface area contributed by atoms with Gasteiger partial charge in [0.25, 0.3) is 0 Å². The summed E-state index contributed by atoms with van der Waals surface area (Å²) in [5, 5.41) is 0.832. The molecular weight excluding hydrogens is 230 g/mol. The van der Waals surface area contributed by atoms with Crippen LogP contribution in [0.25, 0.3) is 0 Å². The van der Waals surface area contributed by atoms with E-state index in [1.165, 1.54) is 5.56 Å². The molecule has 0 saturated heterocycles. The van der Waals surface area contributed by atoms with Crippen LogP contribution in [0.2, 0.25) is 0 Å². The first-order valence-corrected chi connectivity index (χ1v) is 5.21. The van der Waals surface area contributed by atoms with Crippen LogP contribution >= 0.6 is 15.9 Å². The lowest BCUT2D eigenvalue weighted by molar-refractivity contribution is -0.119. The van der Waals surface area contributed by atoms with Gasteiger partial charge >= 0.3 is 0 Å². The van der Waals surface area contributed by atoms with E-state index in [0.717, 1.165) is 10.9 Å². The minimum absolute atomic E-state index is 0.204. The topological polar surface area (TPSA) is 43.1 Å². The van der Waals surface area contributed by atoms with Crippen LogP contribution < -0.4 is 5.73 Å². The molecule has 0 aliphatic rings. The number of hydrogen-bond acceptors (Lipinski definition) is 1. The smallest absolute Gasteiger partial charge is 0.224 e. The molecule has 1 aromatic rings. The third-order valence-electron chi connectivity index (χ3n) is 2.06. The van der Waals surface area contributed by atoms with E-state index in [4.69, 9.17) is 5.73 Å². The van der Waals surface area contributed by atoms with Crippen molar-refractivity contribution in [3.8, 4) is 0 Å². The molecule has 70 valence electrons. The van der Waals surface area contributed by atoms with Gasteiger partial charge in [-0.3, -0.25) is 4.79 Å². The van der Waals surface area contributed by atoms with Gasteiger partial charge in [0.05, 0.1) is 5.92 Å². The zero-order valence-corrected chi connectivity index (χ0v) is 9.04. The van der Waals surface area contributed by atoms with E-state index in [2.05, 4.69) is 15.9 Å². The third kappa shape index (κ3) is 2.56. The average Bonchev–Trinajstić information content (AvgIpc) is 2.17. The van der Waals surface area contributed by atoms with Crippen LogP contribution in [-0.4, -0.2) is 5.91 Å². The monoisotopic (exact) mass is 241 g/mol. The lowest BCUT2D eigenvalue weighted by Crippen LogP contribution is -2.18. The SMILES string of the molecule is CC(C(N)=O)c1ccc(CBr)cc1. The first-order chi connectivity index (χ1) is 6.15. The molecule has 0 aliphatic carbocycles. The molecule has 3 heteroatoms. The van der Waals surface area contributed by atoms with Crippen molar-refractivity contribution in [2.45, 2.75) is 18.2 Å². The van der Waals surface area contributed by atoms with E-state index in [0.29, 0.717) is 0 Å². The molecule has 0 radical (unpaired) electrons. The summed E-state index contributed by atoms with van der Waals surface area (Å²) in [5.41, 5.74) is 7.35. The quantitative estimate of drug-likeness (QED) is 0.811. The molecule has 1 rings (SSSR count). The summed E-state index contributed by atoms with van der Waals surface area (Å²) in [6, 6.07) is 7.85. The highest BCUT2D eigenvalue weighted by Crippen LogP contribution is 2.16. The summed E-state index contributed by atoms with van der Waals surface area (Å²) >= 11 is 3.36. The number of primary amides is 1. The molecule has 0 spiro atoms. The summed E-state index contributed by atoms with van der Waals surface area (Å²) in [6.07, 6.45) is 0. The zero-order chi connectivity index (χ0) is 9.84. The van der Waals surface area contributed by atoms with Gasteiger partial charge in [-0.15, -0.1) is 0 Å². The van der Waals surface area contributed by atoms with Gasteiger partial charge in [0.1, 0.15) is 0 Å². The Balaban J connectivity index is 2.85. The number of benzene rings is 1. The number of halogens is 1. The molecule has 0 aromatic heterocycles. The van der Waals surface area contributed by atoms with Crippen LogP contribution in [0.5, 0.6) is 0 Å². The van der Waals surface area contributed by atoms with Crippen molar-refractivity contribution in [3.05, 3.63) is 35.4 Å². The fourth-order valence-electron chi connectivity index (χ4n) is 1.06. The Kier molecular flexibility index (Phi) is 3.48. The Morgan fingerprint density at radius 3 is 2.38 bits per heavy atom. The molecule has 1 atom stereocenters. The maximum Gasteiger partial charge on any atom is 0.224 e. The molecule has 0 heterocycles. The Morgan fingerprint density at radius 2 is 2.00 bits per heavy atom. The Labute approximate surface area is 86.3 Å². The number of alkyl halides is 1. The van der Waals surface area contributed by atoms with Crippen LogP contribution in [0.4, 0.5) is 0 Å². The molecule has 1 aromatic carbocycles. The molecule has 13 heavy (non-hydrogen) atoms. The largest absolute Gasteiger partial charge is 0.369 e. The summed E-state index contributed by atoms with van der Waals surface area (Å²) in [6.45, 7) is 1.81. The van der Waals surface area contributed by atoms with Crippen molar-refractivity contribution in [1.29, 1.82) is 0 Å². The summed E-state index contributed by atoms with van der Waals surface area (Å²) in [7, 11) is 0. The van der Waals surface area contributed by atoms with Gasteiger partial charge in [-0.05, 0) is 18.1 Å². The van der Waals surface area contributed by atoms with Crippen LogP contribution in [-0.2, 0) is 10.1 Å². The van der Waals surface area contributed by atoms with Crippen molar-refractivity contribution in [3.63, 3.8) is 0 Å². The summed E-state index contributed by atoms with van der Waals surface area (Å²) in [5.74, 6) is -0.490. The maximum atomic E-state index is 10.9. The number of hydrogen-bond donors (Lipinski definition) is 1. The van der Waals surface area contributed by atoms with Crippen molar-refractivity contribution in [2.24, 2.45) is 5.73 Å². The van der Waals surface area contributed by atoms with Gasteiger partial charge in [-0.2, -0.15) is 0 Å². The minimum Gasteiger partial charge on any atom is -0.369 e. The normalized spacial score (nSPS) is 12.5. The van der Waals surface area contributed by atoms with Crippen molar-refractivity contribution < 1.29 is 4.79 Å². The van der Waals surface area contributed by atoms with Gasteiger partial charge in [0.2, 0.25) is 5.91 Å². The molecule has 2 nitrogen and oxygen atoms in total. The third-order valence-corrected chi connectivity index (χ3v) is 2.71. The maximum absolute atomic E-state index is 10.9. The predicted octanol–water partition coefficient (Wildman–Crippen LogP) is 2.17. The first-order valence-electron chi connectivity index (χ1n) is 4.09. The second kappa shape index (κ2) is 4.42. The van der Waals surface area contributed by atoms with Crippen LogP contribution in [0.1, 0.15) is 24.0 Å². The molecule has 1 unspecified atom stereocenters. The standard InChI is InChI=1S/C10H12BrNO/c1-7(10(12)13)9-4-2-8(6-11)3-5-9/h2-5,7H,6H2,1H3,(H2,12,13). The molecule has 0 aliphatic heterocycles. The van der Waals surface area contributed by atoms with Gasteiger partial charge < -0.3 is 5.73 Å². The number of nitrogens with two attached hydrogens (primary N) is 1. The van der Waals surface area contributed by atoms with Crippen LogP contribution in [0, 0.1) is 0 Å². The van der Waals surface area contributed by atoms with Gasteiger partial charge in [0.15, 0.2) is 0 Å². The molecule has 0 fully saturated rings. The van der Waals surface area contributed by atoms with Crippen molar-refractivity contribution in [2.75, 3.05) is 0 Å². The Bertz CT molecular complexity index is 294. The van der Waals surface area contributed by atoms with Crippen molar-refractivity contribution >= 4 is 21.8 Å². The van der Waals surface area contributed by atoms with E-state index in [-0.39, 0.29) is 11.8 Å². The molecular formula is C10H12BrNO. The fourth-order valence-corrected chi connectivity index (χ4v) is 1.43. The molecule has 0 saturated carbocycles. The average molecular weight is 242 g/mol. The fraction of sp³-hybridized carbons (Fsp3) is 0.300. The highest BCUT2D eigenvalue weighted by molar-refractivity contribution is 9.08. The Hall–Kier alpha value is -0.830. The second-order valence-electron chi connectivity index (χ2n) is 3.00. The van der Waals surface area contributed by atoms with Crippen LogP contribution in [0.3, 0.4) is 0 Å². The predicted molar refractivity (Wildman–Crippen MR) is 56.7 cm³/mol. The van der Waals surface area contributed by atoms with Crippen LogP contribution in [0.15, 0.2) is 24.3 Å². The van der Waals surface area contributed by atoms with E-state index in [9.17, 15) is 4.79 Å². The zero-order valence-electron chi connectivity index (χ0n) is 7.46. The van der Waals surface area contributed by atoms with E-state index in [1.54, 1.807) is 0 Å². The second-order valence-corrected chi connectivity index (χ2v) is 3.56. The highest BCUT2D eigenvalue weighted by Gasteiger charge is 2.10. The van der Waals surface area contributed by atoms with Gasteiger partial charge in [-0.25, -0.2) is 0 Å². The lowest BCUT2D eigenvalue weighted by atomic mass is 10.00.